The van der Waals surface area contributed by atoms with E-state index in [1.54, 1.807) is 12.1 Å². The van der Waals surface area contributed by atoms with Crippen molar-refractivity contribution in [3.05, 3.63) is 34.9 Å². The Labute approximate surface area is 142 Å². The van der Waals surface area contributed by atoms with Crippen LogP contribution in [0.1, 0.15) is 12.0 Å². The number of hydrogen-bond acceptors (Lipinski definition) is 5. The number of carbonyl (C=O) groups is 2. The fourth-order valence-corrected chi connectivity index (χ4v) is 4.35. The van der Waals surface area contributed by atoms with Gasteiger partial charge in [0.25, 0.3) is 11.8 Å². The van der Waals surface area contributed by atoms with Gasteiger partial charge in [-0.3, -0.25) is 9.59 Å². The lowest BCUT2D eigenvalue weighted by atomic mass is 9.85. The van der Waals surface area contributed by atoms with Gasteiger partial charge in [-0.05, 0) is 24.3 Å². The molecule has 2 heterocycles. The number of hydrogen-bond donors (Lipinski definition) is 0. The Balaban J connectivity index is 1.44. The van der Waals surface area contributed by atoms with Crippen molar-refractivity contribution in [1.29, 1.82) is 0 Å². The van der Waals surface area contributed by atoms with E-state index in [1.165, 1.54) is 6.21 Å². The van der Waals surface area contributed by atoms with Crippen LogP contribution in [0.4, 0.5) is 0 Å². The third-order valence-electron chi connectivity index (χ3n) is 5.25. The van der Waals surface area contributed by atoms with Crippen LogP contribution in [0.2, 0.25) is 5.02 Å². The number of ether oxygens (including phenoxy) is 2. The maximum absolute atomic E-state index is 12.6. The maximum Gasteiger partial charge on any atom is 0.254 e. The van der Waals surface area contributed by atoms with Crippen molar-refractivity contribution in [3.63, 3.8) is 0 Å². The molecule has 2 aliphatic carbocycles. The SMILES string of the molecule is O=C1[C@@H]2[C@H](C(=O)N1/N=C\c1cc3c(cc1Cl)OCO3)[C@H]1C=C[C@H]2C1. The molecule has 5 rings (SSSR count). The molecule has 2 aliphatic heterocycles. The molecule has 0 radical (unpaired) electrons. The lowest BCUT2D eigenvalue weighted by molar-refractivity contribution is -0.140. The van der Waals surface area contributed by atoms with Gasteiger partial charge in [0.1, 0.15) is 0 Å². The van der Waals surface area contributed by atoms with Crippen molar-refractivity contribution in [1.82, 2.24) is 5.01 Å². The van der Waals surface area contributed by atoms with Crippen LogP contribution < -0.4 is 9.47 Å². The molecular weight excluding hydrogens is 332 g/mol. The second kappa shape index (κ2) is 4.83. The Hall–Kier alpha value is -2.34. The highest BCUT2D eigenvalue weighted by atomic mass is 35.5. The molecule has 4 aliphatic rings. The summed E-state index contributed by atoms with van der Waals surface area (Å²) in [5, 5.41) is 5.54. The Morgan fingerprint density at radius 1 is 1.08 bits per heavy atom. The number of benzene rings is 1. The number of carbonyl (C=O) groups excluding carboxylic acids is 2. The minimum absolute atomic E-state index is 0.147. The number of nitrogens with zero attached hydrogens (tertiary/aromatic N) is 2. The lowest BCUT2D eigenvalue weighted by Gasteiger charge is -2.13. The van der Waals surface area contributed by atoms with Crippen LogP contribution in [0.15, 0.2) is 29.4 Å². The Morgan fingerprint density at radius 3 is 2.38 bits per heavy atom. The summed E-state index contributed by atoms with van der Waals surface area (Å²) < 4.78 is 10.6. The van der Waals surface area contributed by atoms with E-state index in [-0.39, 0.29) is 42.3 Å². The normalized spacial score (nSPS) is 32.5. The summed E-state index contributed by atoms with van der Waals surface area (Å²) in [7, 11) is 0. The van der Waals surface area contributed by atoms with Crippen molar-refractivity contribution in [3.8, 4) is 11.5 Å². The molecule has 122 valence electrons. The zero-order chi connectivity index (χ0) is 16.4. The maximum atomic E-state index is 12.6. The zero-order valence-corrected chi connectivity index (χ0v) is 13.3. The number of halogens is 1. The van der Waals surface area contributed by atoms with Gasteiger partial charge in [0.15, 0.2) is 11.5 Å². The van der Waals surface area contributed by atoms with Crippen molar-refractivity contribution in [2.24, 2.45) is 28.8 Å². The average molecular weight is 345 g/mol. The highest BCUT2D eigenvalue weighted by Crippen LogP contribution is 2.52. The van der Waals surface area contributed by atoms with E-state index in [9.17, 15) is 9.59 Å². The first-order chi connectivity index (χ1) is 11.6. The molecule has 0 N–H and O–H groups in total. The first-order valence-electron chi connectivity index (χ1n) is 7.83. The molecule has 7 heteroatoms. The summed E-state index contributed by atoms with van der Waals surface area (Å²) in [6, 6.07) is 3.32. The van der Waals surface area contributed by atoms with Gasteiger partial charge in [-0.2, -0.15) is 10.1 Å². The molecule has 0 aromatic heterocycles. The Morgan fingerprint density at radius 2 is 1.71 bits per heavy atom. The first-order valence-corrected chi connectivity index (χ1v) is 8.20. The van der Waals surface area contributed by atoms with Crippen LogP contribution in [-0.2, 0) is 9.59 Å². The summed E-state index contributed by atoms with van der Waals surface area (Å²) in [5.41, 5.74) is 0.569. The average Bonchev–Trinajstić information content (AvgIpc) is 3.31. The number of imide groups is 1. The molecule has 1 aromatic carbocycles. The van der Waals surface area contributed by atoms with Gasteiger partial charge in [-0.25, -0.2) is 0 Å². The largest absolute Gasteiger partial charge is 0.454 e. The third-order valence-corrected chi connectivity index (χ3v) is 5.58. The Kier molecular flexibility index (Phi) is 2.83. The molecule has 2 amide bonds. The zero-order valence-electron chi connectivity index (χ0n) is 12.5. The van der Waals surface area contributed by atoms with Gasteiger partial charge < -0.3 is 9.47 Å². The number of fused-ring (bicyclic) bond motifs is 6. The number of amides is 2. The third kappa shape index (κ3) is 1.80. The molecule has 1 aromatic rings. The molecule has 4 atom stereocenters. The topological polar surface area (TPSA) is 68.2 Å². The van der Waals surface area contributed by atoms with E-state index in [0.29, 0.717) is 22.1 Å². The van der Waals surface area contributed by atoms with Crippen LogP contribution in [0.3, 0.4) is 0 Å². The molecule has 24 heavy (non-hydrogen) atoms. The molecule has 2 bridgehead atoms. The van der Waals surface area contributed by atoms with Crippen molar-refractivity contribution >= 4 is 29.6 Å². The smallest absolute Gasteiger partial charge is 0.254 e. The van der Waals surface area contributed by atoms with Gasteiger partial charge in [-0.15, -0.1) is 0 Å². The monoisotopic (exact) mass is 344 g/mol. The molecule has 2 fully saturated rings. The summed E-state index contributed by atoms with van der Waals surface area (Å²) in [5.74, 6) is 0.553. The van der Waals surface area contributed by atoms with Crippen LogP contribution in [-0.4, -0.2) is 29.8 Å². The fraction of sp³-hybridized carbons (Fsp3) is 0.353. The quantitative estimate of drug-likeness (QED) is 0.468. The molecule has 6 nitrogen and oxygen atoms in total. The van der Waals surface area contributed by atoms with Gasteiger partial charge in [0.2, 0.25) is 6.79 Å². The van der Waals surface area contributed by atoms with Crippen molar-refractivity contribution in [2.45, 2.75) is 6.42 Å². The second-order valence-electron chi connectivity index (χ2n) is 6.46. The van der Waals surface area contributed by atoms with Gasteiger partial charge >= 0.3 is 0 Å². The Bertz CT molecular complexity index is 804. The van der Waals surface area contributed by atoms with Crippen molar-refractivity contribution in [2.75, 3.05) is 6.79 Å². The molecular formula is C17H13ClN2O4. The molecule has 0 spiro atoms. The van der Waals surface area contributed by atoms with Crippen LogP contribution in [0, 0.1) is 23.7 Å². The predicted octanol–water partition coefficient (Wildman–Crippen LogP) is 2.21. The predicted molar refractivity (Wildman–Crippen MR) is 84.7 cm³/mol. The van der Waals surface area contributed by atoms with E-state index >= 15 is 0 Å². The number of rotatable bonds is 2. The highest BCUT2D eigenvalue weighted by Gasteiger charge is 2.59. The van der Waals surface area contributed by atoms with E-state index in [0.717, 1.165) is 11.4 Å². The highest BCUT2D eigenvalue weighted by molar-refractivity contribution is 6.33. The summed E-state index contributed by atoms with van der Waals surface area (Å²) in [4.78, 5) is 25.1. The summed E-state index contributed by atoms with van der Waals surface area (Å²) in [6.45, 7) is 0.147. The number of allylic oxidation sites excluding steroid dienone is 2. The molecule has 1 saturated heterocycles. The van der Waals surface area contributed by atoms with Gasteiger partial charge in [0, 0.05) is 11.6 Å². The fourth-order valence-electron chi connectivity index (χ4n) is 4.15. The van der Waals surface area contributed by atoms with Crippen molar-refractivity contribution < 1.29 is 19.1 Å². The minimum atomic E-state index is -0.253. The standard InChI is InChI=1S/C17H13ClN2O4/c18-11-5-13-12(23-7-24-13)4-10(11)6-19-20-16(21)14-8-1-2-9(3-8)15(14)17(20)22/h1-2,4-6,8-9,14-15H,3,7H2/b19-6-/t8-,9-,14-,15+/m0/s1. The van der Waals surface area contributed by atoms with Crippen LogP contribution in [0.25, 0.3) is 0 Å². The van der Waals surface area contributed by atoms with E-state index in [4.69, 9.17) is 21.1 Å². The summed E-state index contributed by atoms with van der Waals surface area (Å²) in [6.07, 6.45) is 6.44. The first kappa shape index (κ1) is 14.0. The molecule has 0 unspecified atom stereocenters. The van der Waals surface area contributed by atoms with E-state index < -0.39 is 0 Å². The summed E-state index contributed by atoms with van der Waals surface area (Å²) >= 11 is 6.19. The van der Waals surface area contributed by atoms with Gasteiger partial charge in [-0.1, -0.05) is 23.8 Å². The lowest BCUT2D eigenvalue weighted by Crippen LogP contribution is -2.28. The second-order valence-corrected chi connectivity index (χ2v) is 6.87. The van der Waals surface area contributed by atoms with Crippen LogP contribution >= 0.6 is 11.6 Å². The van der Waals surface area contributed by atoms with E-state index in [1.807, 2.05) is 0 Å². The number of hydrazone groups is 1. The van der Waals surface area contributed by atoms with Crippen LogP contribution in [0.5, 0.6) is 11.5 Å². The van der Waals surface area contributed by atoms with E-state index in [2.05, 4.69) is 17.3 Å². The molecule has 1 saturated carbocycles. The van der Waals surface area contributed by atoms with Gasteiger partial charge in [0.05, 0.1) is 23.1 Å². The minimum Gasteiger partial charge on any atom is -0.454 e.